The highest BCUT2D eigenvalue weighted by molar-refractivity contribution is 5.96. The Hall–Kier alpha value is -3.16. The van der Waals surface area contributed by atoms with E-state index in [0.717, 1.165) is 16.7 Å². The zero-order valence-corrected chi connectivity index (χ0v) is 16.0. The first-order valence-electron chi connectivity index (χ1n) is 8.39. The highest BCUT2D eigenvalue weighted by Gasteiger charge is 2.16. The molecule has 8 heteroatoms. The summed E-state index contributed by atoms with van der Waals surface area (Å²) in [7, 11) is 1.25. The van der Waals surface area contributed by atoms with Crippen molar-refractivity contribution in [3.8, 4) is 11.5 Å². The minimum Gasteiger partial charge on any atom is -0.493 e. The van der Waals surface area contributed by atoms with E-state index in [-0.39, 0.29) is 17.1 Å². The van der Waals surface area contributed by atoms with E-state index in [1.54, 1.807) is 0 Å². The fraction of sp³-hybridized carbons (Fsp3) is 0.300. The van der Waals surface area contributed by atoms with Crippen LogP contribution in [0.15, 0.2) is 30.3 Å². The van der Waals surface area contributed by atoms with Gasteiger partial charge in [-0.2, -0.15) is 8.78 Å². The molecule has 2 aromatic carbocycles. The molecule has 0 radical (unpaired) electrons. The lowest BCUT2D eigenvalue weighted by molar-refractivity contribution is -0.119. The fourth-order valence-electron chi connectivity index (χ4n) is 2.76. The minimum atomic E-state index is -3.02. The Kier molecular flexibility index (Phi) is 6.92. The van der Waals surface area contributed by atoms with Crippen molar-refractivity contribution in [2.45, 2.75) is 27.4 Å². The zero-order chi connectivity index (χ0) is 20.8. The summed E-state index contributed by atoms with van der Waals surface area (Å²) in [6.07, 6.45) is 0. The molecular weight excluding hydrogens is 372 g/mol. The summed E-state index contributed by atoms with van der Waals surface area (Å²) in [5.41, 5.74) is 3.58. The molecule has 1 amide bonds. The molecule has 6 nitrogen and oxygen atoms in total. The normalized spacial score (nSPS) is 10.5. The molecule has 0 spiro atoms. The first kappa shape index (κ1) is 21.1. The molecule has 0 unspecified atom stereocenters. The topological polar surface area (TPSA) is 73.9 Å². The number of amides is 1. The summed E-state index contributed by atoms with van der Waals surface area (Å²) < 4.78 is 38.9. The van der Waals surface area contributed by atoms with Crippen LogP contribution in [0.5, 0.6) is 11.5 Å². The van der Waals surface area contributed by atoms with Gasteiger partial charge < -0.3 is 19.5 Å². The summed E-state index contributed by atoms with van der Waals surface area (Å²) in [6, 6.07) is 7.48. The van der Waals surface area contributed by atoms with Gasteiger partial charge in [-0.1, -0.05) is 17.7 Å². The Balaban J connectivity index is 2.01. The molecule has 0 aliphatic heterocycles. The van der Waals surface area contributed by atoms with Crippen LogP contribution in [0.1, 0.15) is 27.0 Å². The molecule has 0 saturated heterocycles. The summed E-state index contributed by atoms with van der Waals surface area (Å²) in [4.78, 5) is 24.3. The van der Waals surface area contributed by atoms with Crippen LogP contribution in [0.2, 0.25) is 0 Å². The Bertz CT molecular complexity index is 860. The molecule has 0 aliphatic carbocycles. The molecule has 0 bridgehead atoms. The van der Waals surface area contributed by atoms with Gasteiger partial charge in [0.05, 0.1) is 12.7 Å². The van der Waals surface area contributed by atoms with Crippen LogP contribution in [0, 0.1) is 20.8 Å². The number of benzene rings is 2. The Morgan fingerprint density at radius 3 is 2.25 bits per heavy atom. The molecule has 150 valence electrons. The zero-order valence-electron chi connectivity index (χ0n) is 16.0. The van der Waals surface area contributed by atoms with Crippen molar-refractivity contribution in [3.63, 3.8) is 0 Å². The van der Waals surface area contributed by atoms with Crippen LogP contribution >= 0.6 is 0 Å². The van der Waals surface area contributed by atoms with E-state index in [1.807, 2.05) is 32.9 Å². The number of hydrogen-bond acceptors (Lipinski definition) is 5. The van der Waals surface area contributed by atoms with Gasteiger partial charge in [0.1, 0.15) is 0 Å². The average molecular weight is 393 g/mol. The Morgan fingerprint density at radius 2 is 1.68 bits per heavy atom. The van der Waals surface area contributed by atoms with Crippen molar-refractivity contribution < 1.29 is 32.6 Å². The highest BCUT2D eigenvalue weighted by Crippen LogP contribution is 2.29. The van der Waals surface area contributed by atoms with Gasteiger partial charge in [-0.25, -0.2) is 4.79 Å². The molecule has 28 heavy (non-hydrogen) atoms. The second-order valence-electron chi connectivity index (χ2n) is 6.14. The van der Waals surface area contributed by atoms with Crippen molar-refractivity contribution in [2.75, 3.05) is 19.0 Å². The van der Waals surface area contributed by atoms with Crippen molar-refractivity contribution >= 4 is 17.6 Å². The fourth-order valence-corrected chi connectivity index (χ4v) is 2.76. The first-order chi connectivity index (χ1) is 13.2. The molecule has 0 saturated carbocycles. The third-order valence-corrected chi connectivity index (χ3v) is 3.89. The van der Waals surface area contributed by atoms with Crippen molar-refractivity contribution in [1.82, 2.24) is 0 Å². The number of rotatable bonds is 7. The number of carbonyl (C=O) groups excluding carboxylic acids is 2. The average Bonchev–Trinajstić information content (AvgIpc) is 2.62. The Morgan fingerprint density at radius 1 is 1.04 bits per heavy atom. The van der Waals surface area contributed by atoms with Crippen LogP contribution < -0.4 is 14.8 Å². The van der Waals surface area contributed by atoms with Gasteiger partial charge in [0.2, 0.25) is 0 Å². The van der Waals surface area contributed by atoms with Gasteiger partial charge in [-0.3, -0.25) is 4.79 Å². The van der Waals surface area contributed by atoms with Gasteiger partial charge >= 0.3 is 12.6 Å². The summed E-state index contributed by atoms with van der Waals surface area (Å²) >= 11 is 0. The van der Waals surface area contributed by atoms with Gasteiger partial charge in [-0.15, -0.1) is 0 Å². The third kappa shape index (κ3) is 5.42. The predicted molar refractivity (Wildman–Crippen MR) is 99.2 cm³/mol. The number of aryl methyl sites for hydroxylation is 3. The lowest BCUT2D eigenvalue weighted by Gasteiger charge is -2.13. The molecule has 1 N–H and O–H groups in total. The van der Waals surface area contributed by atoms with Crippen molar-refractivity contribution in [3.05, 3.63) is 52.6 Å². The van der Waals surface area contributed by atoms with E-state index in [0.29, 0.717) is 5.69 Å². The van der Waals surface area contributed by atoms with Crippen LogP contribution in [-0.2, 0) is 9.53 Å². The smallest absolute Gasteiger partial charge is 0.387 e. The monoisotopic (exact) mass is 393 g/mol. The number of alkyl halides is 2. The number of anilines is 1. The maximum atomic E-state index is 12.3. The van der Waals surface area contributed by atoms with Crippen LogP contribution in [0.3, 0.4) is 0 Å². The van der Waals surface area contributed by atoms with Gasteiger partial charge in [-0.05, 0) is 50.1 Å². The second-order valence-corrected chi connectivity index (χ2v) is 6.14. The molecule has 0 heterocycles. The van der Waals surface area contributed by atoms with Crippen LogP contribution in [-0.4, -0.2) is 32.2 Å². The quantitative estimate of drug-likeness (QED) is 0.720. The van der Waals surface area contributed by atoms with Crippen molar-refractivity contribution in [2.24, 2.45) is 0 Å². The van der Waals surface area contributed by atoms with Crippen molar-refractivity contribution in [1.29, 1.82) is 0 Å². The van der Waals surface area contributed by atoms with E-state index in [2.05, 4.69) is 10.1 Å². The number of carbonyl (C=O) groups is 2. The largest absolute Gasteiger partial charge is 0.493 e. The van der Waals surface area contributed by atoms with E-state index >= 15 is 0 Å². The minimum absolute atomic E-state index is 0.0361. The SMILES string of the molecule is COc1cc(C(=O)OCC(=O)Nc2c(C)cc(C)cc2C)ccc1OC(F)F. The number of hydrogen-bond donors (Lipinski definition) is 1. The van der Waals surface area contributed by atoms with E-state index in [4.69, 9.17) is 9.47 Å². The molecule has 2 aromatic rings. The summed E-state index contributed by atoms with van der Waals surface area (Å²) in [6.45, 7) is 2.18. The highest BCUT2D eigenvalue weighted by atomic mass is 19.3. The predicted octanol–water partition coefficient (Wildman–Crippen LogP) is 4.02. The number of nitrogens with one attached hydrogen (secondary N) is 1. The molecule has 0 atom stereocenters. The first-order valence-corrected chi connectivity index (χ1v) is 8.39. The lowest BCUT2D eigenvalue weighted by atomic mass is 10.1. The van der Waals surface area contributed by atoms with Gasteiger partial charge in [0, 0.05) is 5.69 Å². The summed E-state index contributed by atoms with van der Waals surface area (Å²) in [5.74, 6) is -1.55. The summed E-state index contributed by atoms with van der Waals surface area (Å²) in [5, 5.41) is 2.72. The Labute approximate surface area is 161 Å². The number of methoxy groups -OCH3 is 1. The third-order valence-electron chi connectivity index (χ3n) is 3.89. The number of halogens is 2. The molecule has 0 fully saturated rings. The van der Waals surface area contributed by atoms with E-state index in [9.17, 15) is 18.4 Å². The van der Waals surface area contributed by atoms with Crippen LogP contribution in [0.4, 0.5) is 14.5 Å². The van der Waals surface area contributed by atoms with Gasteiger partial charge in [0.25, 0.3) is 5.91 Å². The molecule has 2 rings (SSSR count). The maximum absolute atomic E-state index is 12.3. The lowest BCUT2D eigenvalue weighted by Crippen LogP contribution is -2.22. The van der Waals surface area contributed by atoms with Crippen LogP contribution in [0.25, 0.3) is 0 Å². The van der Waals surface area contributed by atoms with Gasteiger partial charge in [0.15, 0.2) is 18.1 Å². The van der Waals surface area contributed by atoms with E-state index in [1.165, 1.54) is 25.3 Å². The number of ether oxygens (including phenoxy) is 3. The molecular formula is C20H21F2NO5. The molecule has 0 aliphatic rings. The maximum Gasteiger partial charge on any atom is 0.387 e. The molecule has 0 aromatic heterocycles. The second kappa shape index (κ2) is 9.16. The standard InChI is InChI=1S/C20H21F2NO5/c1-11-7-12(2)18(13(3)8-11)23-17(24)10-27-19(25)14-5-6-15(28-20(21)22)16(9-14)26-4/h5-9,20H,10H2,1-4H3,(H,23,24). The van der Waals surface area contributed by atoms with E-state index < -0.39 is 25.1 Å². The number of esters is 1.